The normalized spacial score (nSPS) is 14.1. The molecule has 0 radical (unpaired) electrons. The van der Waals surface area contributed by atoms with Crippen molar-refractivity contribution >= 4 is 11.8 Å². The monoisotopic (exact) mass is 320 g/mol. The molecule has 0 aliphatic heterocycles. The summed E-state index contributed by atoms with van der Waals surface area (Å²) in [5.74, 6) is -0.855. The molecule has 2 unspecified atom stereocenters. The van der Waals surface area contributed by atoms with Gasteiger partial charge in [0, 0.05) is 5.92 Å². The van der Waals surface area contributed by atoms with Gasteiger partial charge in [-0.3, -0.25) is 9.59 Å². The molecule has 0 bridgehead atoms. The fourth-order valence-electron chi connectivity index (χ4n) is 2.27. The zero-order valence-corrected chi connectivity index (χ0v) is 14.8. The quantitative estimate of drug-likeness (QED) is 0.539. The van der Waals surface area contributed by atoms with E-state index >= 15 is 0 Å². The Morgan fingerprint density at radius 3 is 2.26 bits per heavy atom. The van der Waals surface area contributed by atoms with Gasteiger partial charge in [-0.2, -0.15) is 0 Å². The van der Waals surface area contributed by atoms with E-state index in [1.54, 1.807) is 6.92 Å². The van der Waals surface area contributed by atoms with Crippen LogP contribution in [0.25, 0.3) is 0 Å². The molecule has 128 valence electrons. The highest BCUT2D eigenvalue weighted by atomic mass is 16.6. The van der Waals surface area contributed by atoms with Crippen molar-refractivity contribution in [1.82, 2.24) is 0 Å². The molecule has 1 aromatic rings. The maximum absolute atomic E-state index is 12.4. The molecule has 0 fully saturated rings. The van der Waals surface area contributed by atoms with Crippen LogP contribution in [0.4, 0.5) is 0 Å². The Kier molecular flexibility index (Phi) is 7.43. The molecule has 0 aliphatic carbocycles. The molecule has 2 atom stereocenters. The number of Topliss-reactive ketones (excluding diaryl/α,β-unsaturated/α-hetero) is 1. The van der Waals surface area contributed by atoms with E-state index in [1.165, 1.54) is 0 Å². The van der Waals surface area contributed by atoms with Crippen molar-refractivity contribution in [2.75, 3.05) is 6.61 Å². The predicted molar refractivity (Wildman–Crippen MR) is 90.4 cm³/mol. The predicted octanol–water partition coefficient (Wildman–Crippen LogP) is 3.89. The van der Waals surface area contributed by atoms with Crippen molar-refractivity contribution in [2.45, 2.75) is 65.1 Å². The van der Waals surface area contributed by atoms with Crippen LogP contribution in [0, 0.1) is 0 Å². The summed E-state index contributed by atoms with van der Waals surface area (Å²) in [5.41, 5.74) is 0.661. The van der Waals surface area contributed by atoms with Gasteiger partial charge in [-0.05, 0) is 39.7 Å². The molecular formula is C19H28O4. The van der Waals surface area contributed by atoms with Crippen LogP contribution in [0.1, 0.15) is 58.9 Å². The van der Waals surface area contributed by atoms with Gasteiger partial charge in [0.15, 0.2) is 5.78 Å². The Labute approximate surface area is 139 Å². The van der Waals surface area contributed by atoms with Gasteiger partial charge < -0.3 is 9.47 Å². The topological polar surface area (TPSA) is 52.6 Å². The van der Waals surface area contributed by atoms with Gasteiger partial charge in [0.1, 0.15) is 12.5 Å². The van der Waals surface area contributed by atoms with Crippen LogP contribution in [0.2, 0.25) is 0 Å². The SMILES string of the molecule is CCC(C(=O)CC(=O)OC(C)COC(C)(C)C)c1ccccc1. The second-order valence-corrected chi connectivity index (χ2v) is 6.74. The summed E-state index contributed by atoms with van der Waals surface area (Å²) >= 11 is 0. The highest BCUT2D eigenvalue weighted by molar-refractivity contribution is 5.99. The smallest absolute Gasteiger partial charge is 0.313 e. The largest absolute Gasteiger partial charge is 0.460 e. The lowest BCUT2D eigenvalue weighted by Crippen LogP contribution is -2.28. The molecule has 1 rings (SSSR count). The summed E-state index contributed by atoms with van der Waals surface area (Å²) in [7, 11) is 0. The lowest BCUT2D eigenvalue weighted by Gasteiger charge is -2.22. The third-order valence-electron chi connectivity index (χ3n) is 3.40. The van der Waals surface area contributed by atoms with Crippen LogP contribution < -0.4 is 0 Å². The van der Waals surface area contributed by atoms with Crippen LogP contribution in [-0.4, -0.2) is 30.1 Å². The molecule has 0 aliphatic rings. The second-order valence-electron chi connectivity index (χ2n) is 6.74. The Morgan fingerprint density at radius 1 is 1.13 bits per heavy atom. The zero-order valence-electron chi connectivity index (χ0n) is 14.8. The fraction of sp³-hybridized carbons (Fsp3) is 0.579. The third kappa shape index (κ3) is 7.42. The van der Waals surface area contributed by atoms with Crippen molar-refractivity contribution in [2.24, 2.45) is 0 Å². The highest BCUT2D eigenvalue weighted by Gasteiger charge is 2.23. The first-order valence-electron chi connectivity index (χ1n) is 8.14. The zero-order chi connectivity index (χ0) is 17.5. The van der Waals surface area contributed by atoms with Crippen LogP contribution in [-0.2, 0) is 19.1 Å². The molecule has 0 saturated heterocycles. The van der Waals surface area contributed by atoms with E-state index in [2.05, 4.69) is 0 Å². The average Bonchev–Trinajstić information content (AvgIpc) is 2.46. The van der Waals surface area contributed by atoms with Gasteiger partial charge in [0.25, 0.3) is 0 Å². The van der Waals surface area contributed by atoms with Crippen LogP contribution in [0.15, 0.2) is 30.3 Å². The molecule has 0 saturated carbocycles. The molecule has 0 aromatic heterocycles. The van der Waals surface area contributed by atoms with Crippen LogP contribution >= 0.6 is 0 Å². The first-order valence-corrected chi connectivity index (χ1v) is 8.14. The van der Waals surface area contributed by atoms with Gasteiger partial charge in [0.05, 0.1) is 12.2 Å². The fourth-order valence-corrected chi connectivity index (χ4v) is 2.27. The van der Waals surface area contributed by atoms with E-state index in [9.17, 15) is 9.59 Å². The van der Waals surface area contributed by atoms with E-state index in [4.69, 9.17) is 9.47 Å². The molecule has 0 N–H and O–H groups in total. The average molecular weight is 320 g/mol. The highest BCUT2D eigenvalue weighted by Crippen LogP contribution is 2.22. The molecule has 0 amide bonds. The summed E-state index contributed by atoms with van der Waals surface area (Å²) in [6.45, 7) is 9.85. The van der Waals surface area contributed by atoms with Crippen molar-refractivity contribution < 1.29 is 19.1 Å². The molecule has 23 heavy (non-hydrogen) atoms. The molecule has 0 heterocycles. The maximum atomic E-state index is 12.4. The van der Waals surface area contributed by atoms with Crippen molar-refractivity contribution in [3.63, 3.8) is 0 Å². The van der Waals surface area contributed by atoms with E-state index in [0.29, 0.717) is 13.0 Å². The minimum atomic E-state index is -0.491. The van der Waals surface area contributed by atoms with E-state index in [0.717, 1.165) is 5.56 Å². The van der Waals surface area contributed by atoms with Gasteiger partial charge in [-0.1, -0.05) is 37.3 Å². The number of benzene rings is 1. The molecule has 4 heteroatoms. The first kappa shape index (κ1) is 19.4. The lowest BCUT2D eigenvalue weighted by atomic mass is 9.91. The Hall–Kier alpha value is -1.68. The molecular weight excluding hydrogens is 292 g/mol. The minimum absolute atomic E-state index is 0.104. The Balaban J connectivity index is 2.51. The number of hydrogen-bond donors (Lipinski definition) is 0. The van der Waals surface area contributed by atoms with Gasteiger partial charge in [-0.15, -0.1) is 0 Å². The van der Waals surface area contributed by atoms with Gasteiger partial charge >= 0.3 is 5.97 Å². The number of rotatable bonds is 8. The van der Waals surface area contributed by atoms with Crippen LogP contribution in [0.5, 0.6) is 0 Å². The Bertz CT molecular complexity index is 502. The number of ketones is 1. The number of carbonyl (C=O) groups is 2. The Morgan fingerprint density at radius 2 is 1.74 bits per heavy atom. The summed E-state index contributed by atoms with van der Waals surface area (Å²) in [5, 5.41) is 0. The minimum Gasteiger partial charge on any atom is -0.460 e. The standard InChI is InChI=1S/C19H28O4/c1-6-16(15-10-8-7-9-11-15)17(20)12-18(21)23-14(2)13-22-19(3,4)5/h7-11,14,16H,6,12-13H2,1-5H3. The summed E-state index contributed by atoms with van der Waals surface area (Å²) < 4.78 is 10.8. The third-order valence-corrected chi connectivity index (χ3v) is 3.40. The number of hydrogen-bond acceptors (Lipinski definition) is 4. The van der Waals surface area contributed by atoms with E-state index in [-0.39, 0.29) is 29.8 Å². The molecule has 0 spiro atoms. The number of carbonyl (C=O) groups excluding carboxylic acids is 2. The lowest BCUT2D eigenvalue weighted by molar-refractivity contribution is -0.155. The van der Waals surface area contributed by atoms with Crippen molar-refractivity contribution in [3.05, 3.63) is 35.9 Å². The van der Waals surface area contributed by atoms with Gasteiger partial charge in [-0.25, -0.2) is 0 Å². The van der Waals surface area contributed by atoms with E-state index < -0.39 is 5.97 Å². The molecule has 1 aromatic carbocycles. The van der Waals surface area contributed by atoms with Gasteiger partial charge in [0.2, 0.25) is 0 Å². The summed E-state index contributed by atoms with van der Waals surface area (Å²) in [6.07, 6.45) is 0.0952. The summed E-state index contributed by atoms with van der Waals surface area (Å²) in [6, 6.07) is 9.53. The van der Waals surface area contributed by atoms with Crippen LogP contribution in [0.3, 0.4) is 0 Å². The maximum Gasteiger partial charge on any atom is 0.313 e. The van der Waals surface area contributed by atoms with Crippen molar-refractivity contribution in [3.8, 4) is 0 Å². The molecule has 4 nitrogen and oxygen atoms in total. The van der Waals surface area contributed by atoms with E-state index in [1.807, 2.05) is 58.0 Å². The second kappa shape index (κ2) is 8.82. The number of ether oxygens (including phenoxy) is 2. The summed E-state index contributed by atoms with van der Waals surface area (Å²) in [4.78, 5) is 24.3. The van der Waals surface area contributed by atoms with Crippen molar-refractivity contribution in [1.29, 1.82) is 0 Å². The first-order chi connectivity index (χ1) is 10.7. The number of esters is 1.